The van der Waals surface area contributed by atoms with E-state index in [1.807, 2.05) is 15.9 Å². The average Bonchev–Trinajstić information content (AvgIpc) is 4.13. The van der Waals surface area contributed by atoms with E-state index in [4.69, 9.17) is 4.74 Å². The van der Waals surface area contributed by atoms with Crippen molar-refractivity contribution in [2.24, 2.45) is 0 Å². The Balaban J connectivity index is 0.769. The number of likely N-dealkylation sites (tertiary alicyclic amines) is 1. The number of nitrogens with one attached hydrogen (secondary N) is 3. The fourth-order valence-electron chi connectivity index (χ4n) is 8.08. The van der Waals surface area contributed by atoms with Gasteiger partial charge in [-0.15, -0.1) is 0 Å². The molecule has 1 unspecified atom stereocenters. The number of nitriles is 1. The summed E-state index contributed by atoms with van der Waals surface area (Å²) in [5.74, 6) is -1.35. The molecule has 1 aliphatic carbocycles. The number of halogens is 2. The summed E-state index contributed by atoms with van der Waals surface area (Å²) < 4.78 is 40.6. The Bertz CT molecular complexity index is 2680. The van der Waals surface area contributed by atoms with E-state index in [9.17, 15) is 28.8 Å². The molecule has 0 spiro atoms. The molecule has 63 heavy (non-hydrogen) atoms. The number of benzene rings is 3. The molecule has 4 fully saturated rings. The summed E-state index contributed by atoms with van der Waals surface area (Å²) in [7, 11) is 0. The molecule has 9 rings (SSSR count). The Kier molecular flexibility index (Phi) is 11.9. The molecule has 3 amide bonds. The number of hydrogen-bond donors (Lipinski definition) is 3. The van der Waals surface area contributed by atoms with Crippen molar-refractivity contribution >= 4 is 57.9 Å². The smallest absolute Gasteiger partial charge is 0.266 e. The van der Waals surface area contributed by atoms with E-state index in [0.29, 0.717) is 97.9 Å². The zero-order valence-corrected chi connectivity index (χ0v) is 34.9. The first-order valence-corrected chi connectivity index (χ1v) is 21.8. The van der Waals surface area contributed by atoms with E-state index < -0.39 is 23.3 Å². The third kappa shape index (κ3) is 9.27. The fraction of sp³-hybridized carbons (Fsp3) is 0.364. The molecule has 19 heteroatoms. The van der Waals surface area contributed by atoms with Crippen LogP contribution in [0.4, 0.5) is 26.1 Å². The second kappa shape index (κ2) is 18.0. The molecule has 5 aromatic rings. The van der Waals surface area contributed by atoms with Crippen LogP contribution in [0.3, 0.4) is 0 Å². The fourth-order valence-corrected chi connectivity index (χ4v) is 8.92. The molecule has 1 saturated carbocycles. The van der Waals surface area contributed by atoms with Crippen LogP contribution in [0.5, 0.6) is 11.5 Å². The molecule has 3 aliphatic heterocycles. The quantitative estimate of drug-likeness (QED) is 0.111. The number of imide groups is 1. The number of nitrogens with zero attached hydrogens (tertiary/aromatic N) is 8. The van der Waals surface area contributed by atoms with Gasteiger partial charge in [-0.2, -0.15) is 5.26 Å². The van der Waals surface area contributed by atoms with Gasteiger partial charge in [0.15, 0.2) is 11.6 Å². The van der Waals surface area contributed by atoms with Crippen molar-refractivity contribution in [2.45, 2.75) is 55.7 Å². The van der Waals surface area contributed by atoms with Gasteiger partial charge in [-0.05, 0) is 111 Å². The number of carbonyl (C=O) groups is 3. The number of piperidine rings is 2. The van der Waals surface area contributed by atoms with Gasteiger partial charge in [0.25, 0.3) is 5.56 Å². The molecule has 0 bridgehead atoms. The molecule has 0 radical (unpaired) electrons. The number of anilines is 3. The first-order valence-electron chi connectivity index (χ1n) is 20.9. The molecule has 3 aromatic carbocycles. The second-order valence-electron chi connectivity index (χ2n) is 16.1. The molecular weight excluding hydrogens is 833 g/mol. The summed E-state index contributed by atoms with van der Waals surface area (Å²) in [6, 6.07) is 13.7. The third-order valence-corrected chi connectivity index (χ3v) is 13.0. The Labute approximate surface area is 364 Å². The monoisotopic (exact) mass is 875 g/mol. The van der Waals surface area contributed by atoms with Crippen LogP contribution in [0.25, 0.3) is 16.6 Å². The molecule has 16 nitrogen and oxygen atoms in total. The number of aromatic nitrogens is 4. The van der Waals surface area contributed by atoms with E-state index in [1.54, 1.807) is 24.3 Å². The van der Waals surface area contributed by atoms with E-state index in [-0.39, 0.29) is 59.0 Å². The molecule has 3 saturated heterocycles. The predicted octanol–water partition coefficient (Wildman–Crippen LogP) is 5.09. The highest BCUT2D eigenvalue weighted by molar-refractivity contribution is 8.01. The number of carbonyl (C=O) groups excluding carboxylic acids is 3. The molecule has 2 aromatic heterocycles. The second-order valence-corrected chi connectivity index (χ2v) is 17.2. The number of piperazine rings is 1. The highest BCUT2D eigenvalue weighted by atomic mass is 32.2. The first kappa shape index (κ1) is 41.7. The van der Waals surface area contributed by atoms with Gasteiger partial charge >= 0.3 is 0 Å². The lowest BCUT2D eigenvalue weighted by molar-refractivity contribution is -0.134. The summed E-state index contributed by atoms with van der Waals surface area (Å²) in [4.78, 5) is 70.0. The summed E-state index contributed by atoms with van der Waals surface area (Å²) >= 11 is 1.49. The summed E-state index contributed by atoms with van der Waals surface area (Å²) in [6.07, 6.45) is 8.62. The van der Waals surface area contributed by atoms with Crippen molar-refractivity contribution in [2.75, 3.05) is 60.8 Å². The van der Waals surface area contributed by atoms with Crippen LogP contribution in [-0.4, -0.2) is 104 Å². The number of amides is 3. The van der Waals surface area contributed by atoms with Crippen molar-refractivity contribution in [1.82, 2.24) is 34.6 Å². The highest BCUT2D eigenvalue weighted by Gasteiger charge is 2.30. The normalized spacial score (nSPS) is 18.5. The molecule has 1 atom stereocenters. The maximum Gasteiger partial charge on any atom is 0.266 e. The van der Waals surface area contributed by atoms with Crippen LogP contribution in [0, 0.1) is 23.0 Å². The lowest BCUT2D eigenvalue weighted by Gasteiger charge is -2.37. The maximum atomic E-state index is 15.2. The van der Waals surface area contributed by atoms with Crippen molar-refractivity contribution in [1.29, 1.82) is 5.26 Å². The summed E-state index contributed by atoms with van der Waals surface area (Å²) in [6.45, 7) is 3.62. The van der Waals surface area contributed by atoms with Gasteiger partial charge in [-0.1, -0.05) is 6.07 Å². The summed E-state index contributed by atoms with van der Waals surface area (Å²) in [5.41, 5.74) is 1.94. The minimum atomic E-state index is -0.709. The molecule has 4 aliphatic rings. The zero-order chi connectivity index (χ0) is 43.6. The Morgan fingerprint density at radius 1 is 0.905 bits per heavy atom. The van der Waals surface area contributed by atoms with E-state index in [1.165, 1.54) is 59.5 Å². The van der Waals surface area contributed by atoms with Gasteiger partial charge in [-0.25, -0.2) is 23.7 Å². The highest BCUT2D eigenvalue weighted by Crippen LogP contribution is 2.39. The average molecular weight is 876 g/mol. The number of fused-ring (bicyclic) bond motifs is 1. The first-order chi connectivity index (χ1) is 30.6. The predicted molar refractivity (Wildman–Crippen MR) is 232 cm³/mol. The number of ether oxygens (including phenoxy) is 1. The molecule has 5 heterocycles. The van der Waals surface area contributed by atoms with Crippen LogP contribution in [0.15, 0.2) is 72.0 Å². The van der Waals surface area contributed by atoms with Gasteiger partial charge in [0.05, 0.1) is 41.2 Å². The number of rotatable bonds is 12. The largest absolute Gasteiger partial charge is 0.453 e. The number of hydrogen-bond acceptors (Lipinski definition) is 14. The molecule has 3 N–H and O–H groups in total. The molecule has 324 valence electrons. The zero-order valence-electron chi connectivity index (χ0n) is 34.1. The van der Waals surface area contributed by atoms with Crippen LogP contribution >= 0.6 is 11.9 Å². The van der Waals surface area contributed by atoms with E-state index in [0.717, 1.165) is 12.8 Å². The Hall–Kier alpha value is -6.65. The van der Waals surface area contributed by atoms with Crippen LogP contribution in [0.2, 0.25) is 0 Å². The van der Waals surface area contributed by atoms with Crippen LogP contribution in [-0.2, 0) is 14.4 Å². The van der Waals surface area contributed by atoms with Crippen molar-refractivity contribution in [3.05, 3.63) is 100 Å². The molecular formula is C44H43F2N11O5S. The lowest BCUT2D eigenvalue weighted by Crippen LogP contribution is -2.52. The van der Waals surface area contributed by atoms with Crippen molar-refractivity contribution in [3.8, 4) is 23.3 Å². The standard InChI is InChI=1S/C44H43F2N11O5S/c45-34-6-8-37(53-63-30-3-4-30)33(21-47)41(34)62-29-2-7-36-32(20-29)43(61)57(25-50-36)28-22-48-44(49-23-28)56-17-15-55(16-18-56)40(59)24-54-13-11-26(12-14-54)31-5-1-27(19-35(31)46)51-38-9-10-39(58)52-42(38)60/h1-2,5-8,19-20,22-23,25-26,30,38,51,53H,3-4,9-18,24H2,(H,52,58,60). The Morgan fingerprint density at radius 3 is 2.40 bits per heavy atom. The topological polar surface area (TPSA) is 191 Å². The van der Waals surface area contributed by atoms with Gasteiger partial charge in [0, 0.05) is 43.5 Å². The summed E-state index contributed by atoms with van der Waals surface area (Å²) in [5, 5.41) is 15.9. The van der Waals surface area contributed by atoms with Crippen molar-refractivity contribution < 1.29 is 27.9 Å². The van der Waals surface area contributed by atoms with E-state index >= 15 is 4.39 Å². The van der Waals surface area contributed by atoms with Gasteiger partial charge < -0.3 is 24.6 Å². The van der Waals surface area contributed by atoms with Gasteiger partial charge in [0.2, 0.25) is 23.7 Å². The Morgan fingerprint density at radius 2 is 1.68 bits per heavy atom. The minimum absolute atomic E-state index is 0.0123. The maximum absolute atomic E-state index is 15.2. The van der Waals surface area contributed by atoms with Gasteiger partial charge in [-0.3, -0.25) is 34.0 Å². The van der Waals surface area contributed by atoms with E-state index in [2.05, 4.69) is 35.2 Å². The van der Waals surface area contributed by atoms with Crippen LogP contribution in [0.1, 0.15) is 55.6 Å². The van der Waals surface area contributed by atoms with Gasteiger partial charge in [0.1, 0.15) is 35.6 Å². The SMILES string of the molecule is N#Cc1c(NSC2CC2)ccc(F)c1Oc1ccc2ncn(-c3cnc(N4CCN(C(=O)CN5CCC(c6ccc(NC7CCC(=O)NC7=O)cc6F)CC5)CC4)nc3)c(=O)c2c1. The van der Waals surface area contributed by atoms with Crippen molar-refractivity contribution in [3.63, 3.8) is 0 Å². The third-order valence-electron chi connectivity index (χ3n) is 11.8. The lowest BCUT2D eigenvalue weighted by atomic mass is 9.89. The van der Waals surface area contributed by atoms with Crippen LogP contribution < -0.4 is 30.6 Å². The minimum Gasteiger partial charge on any atom is -0.453 e.